The van der Waals surface area contributed by atoms with Crippen LogP contribution in [0.1, 0.15) is 20.3 Å². The predicted molar refractivity (Wildman–Crippen MR) is 82.9 cm³/mol. The lowest BCUT2D eigenvalue weighted by Crippen LogP contribution is -2.45. The summed E-state index contributed by atoms with van der Waals surface area (Å²) in [7, 11) is 1.87. The zero-order chi connectivity index (χ0) is 15.3. The van der Waals surface area contributed by atoms with Crippen LogP contribution in [0.25, 0.3) is 0 Å². The molecule has 0 aliphatic rings. The summed E-state index contributed by atoms with van der Waals surface area (Å²) in [4.78, 5) is 13.8. The Kier molecular flexibility index (Phi) is 5.80. The first kappa shape index (κ1) is 16.8. The first-order valence-electron chi connectivity index (χ1n) is 6.43. The molecule has 1 aromatic rings. The molecule has 5 nitrogen and oxygen atoms in total. The van der Waals surface area contributed by atoms with Gasteiger partial charge in [0.15, 0.2) is 0 Å². The van der Waals surface area contributed by atoms with E-state index in [4.69, 9.17) is 17.3 Å². The Bertz CT molecular complexity index is 477. The molecular formula is C14H22ClN3O2. The van der Waals surface area contributed by atoms with Crippen LogP contribution < -0.4 is 11.1 Å². The molecule has 4 N–H and O–H groups in total. The molecular weight excluding hydrogens is 278 g/mol. The number of rotatable bonds is 6. The highest BCUT2D eigenvalue weighted by atomic mass is 35.5. The molecule has 0 bridgehead atoms. The number of aliphatic hydroxyl groups is 1. The van der Waals surface area contributed by atoms with Crippen molar-refractivity contribution in [2.45, 2.75) is 25.8 Å². The highest BCUT2D eigenvalue weighted by molar-refractivity contribution is 6.34. The lowest BCUT2D eigenvalue weighted by molar-refractivity contribution is -0.116. The van der Waals surface area contributed by atoms with Gasteiger partial charge in [0.2, 0.25) is 5.91 Å². The van der Waals surface area contributed by atoms with Crippen molar-refractivity contribution in [3.05, 3.63) is 23.2 Å². The second-order valence-corrected chi connectivity index (χ2v) is 5.84. The largest absolute Gasteiger partial charge is 0.399 e. The molecule has 0 unspecified atom stereocenters. The minimum absolute atomic E-state index is 0.0366. The van der Waals surface area contributed by atoms with Gasteiger partial charge in [-0.2, -0.15) is 0 Å². The Morgan fingerprint density at radius 1 is 1.50 bits per heavy atom. The van der Waals surface area contributed by atoms with Crippen molar-refractivity contribution in [2.75, 3.05) is 31.2 Å². The summed E-state index contributed by atoms with van der Waals surface area (Å²) in [6.45, 7) is 4.42. The number of amides is 1. The van der Waals surface area contributed by atoms with Crippen LogP contribution in [-0.2, 0) is 4.79 Å². The number of nitrogens with two attached hydrogens (primary N) is 1. The third-order valence-electron chi connectivity index (χ3n) is 3.36. The standard InChI is InChI=1S/C14H22ClN3O2/c1-14(2,9-19)18(3)7-6-13(20)17-12-5-4-10(16)8-11(12)15/h4-5,8,19H,6-7,9,16H2,1-3H3,(H,17,20). The molecule has 1 amide bonds. The highest BCUT2D eigenvalue weighted by Gasteiger charge is 2.22. The molecule has 1 rings (SSSR count). The number of carbonyl (C=O) groups is 1. The minimum atomic E-state index is -0.348. The summed E-state index contributed by atoms with van der Waals surface area (Å²) in [6.07, 6.45) is 0.320. The van der Waals surface area contributed by atoms with E-state index in [0.717, 1.165) is 0 Å². The van der Waals surface area contributed by atoms with Gasteiger partial charge in [-0.15, -0.1) is 0 Å². The zero-order valence-electron chi connectivity index (χ0n) is 12.1. The van der Waals surface area contributed by atoms with Gasteiger partial charge in [-0.3, -0.25) is 9.69 Å². The molecule has 0 aliphatic carbocycles. The topological polar surface area (TPSA) is 78.6 Å². The summed E-state index contributed by atoms with van der Waals surface area (Å²) >= 11 is 5.99. The van der Waals surface area contributed by atoms with Gasteiger partial charge in [0.05, 0.1) is 17.3 Å². The van der Waals surface area contributed by atoms with E-state index in [1.54, 1.807) is 18.2 Å². The highest BCUT2D eigenvalue weighted by Crippen LogP contribution is 2.24. The van der Waals surface area contributed by atoms with Gasteiger partial charge in [0, 0.05) is 24.2 Å². The van der Waals surface area contributed by atoms with Gasteiger partial charge in [-0.05, 0) is 39.1 Å². The molecule has 20 heavy (non-hydrogen) atoms. The molecule has 6 heteroatoms. The van der Waals surface area contributed by atoms with Crippen molar-refractivity contribution in [3.63, 3.8) is 0 Å². The fourth-order valence-electron chi connectivity index (χ4n) is 1.54. The number of anilines is 2. The van der Waals surface area contributed by atoms with E-state index in [0.29, 0.717) is 29.4 Å². The number of hydrogen-bond donors (Lipinski definition) is 3. The van der Waals surface area contributed by atoms with Gasteiger partial charge in [-0.25, -0.2) is 0 Å². The van der Waals surface area contributed by atoms with Crippen molar-refractivity contribution in [1.29, 1.82) is 0 Å². The summed E-state index contributed by atoms with van der Waals surface area (Å²) in [6, 6.07) is 4.96. The van der Waals surface area contributed by atoms with E-state index in [1.165, 1.54) is 0 Å². The lowest BCUT2D eigenvalue weighted by Gasteiger charge is -2.33. The summed E-state index contributed by atoms with van der Waals surface area (Å²) in [5, 5.41) is 12.4. The van der Waals surface area contributed by atoms with Crippen LogP contribution in [-0.4, -0.2) is 41.7 Å². The third kappa shape index (κ3) is 4.67. The first-order valence-corrected chi connectivity index (χ1v) is 6.81. The summed E-state index contributed by atoms with van der Waals surface area (Å²) < 4.78 is 0. The Labute approximate surface area is 124 Å². The Morgan fingerprint density at radius 2 is 2.15 bits per heavy atom. The number of nitrogen functional groups attached to an aromatic ring is 1. The molecule has 0 aromatic heterocycles. The van der Waals surface area contributed by atoms with E-state index in [1.807, 2.05) is 25.8 Å². The zero-order valence-corrected chi connectivity index (χ0v) is 12.9. The molecule has 0 aliphatic heterocycles. The third-order valence-corrected chi connectivity index (χ3v) is 3.67. The van der Waals surface area contributed by atoms with E-state index >= 15 is 0 Å². The predicted octanol–water partition coefficient (Wildman–Crippen LogP) is 1.95. The van der Waals surface area contributed by atoms with Crippen LogP contribution >= 0.6 is 11.6 Å². The maximum atomic E-state index is 11.9. The number of halogens is 1. The van der Waals surface area contributed by atoms with E-state index in [-0.39, 0.29) is 18.1 Å². The van der Waals surface area contributed by atoms with Crippen LogP contribution in [0.2, 0.25) is 5.02 Å². The van der Waals surface area contributed by atoms with E-state index < -0.39 is 0 Å². The summed E-state index contributed by atoms with van der Waals surface area (Å²) in [5.41, 5.74) is 6.35. The molecule has 0 spiro atoms. The molecule has 112 valence electrons. The second-order valence-electron chi connectivity index (χ2n) is 5.43. The number of aliphatic hydroxyl groups excluding tert-OH is 1. The molecule has 0 saturated heterocycles. The van der Waals surface area contributed by atoms with E-state index in [2.05, 4.69) is 5.32 Å². The number of nitrogens with one attached hydrogen (secondary N) is 1. The minimum Gasteiger partial charge on any atom is -0.399 e. The van der Waals surface area contributed by atoms with Gasteiger partial charge in [-0.1, -0.05) is 11.6 Å². The van der Waals surface area contributed by atoms with Crippen molar-refractivity contribution in [2.24, 2.45) is 0 Å². The van der Waals surface area contributed by atoms with Gasteiger partial charge in [0.1, 0.15) is 0 Å². The quantitative estimate of drug-likeness (QED) is 0.702. The maximum absolute atomic E-state index is 11.9. The molecule has 0 fully saturated rings. The smallest absolute Gasteiger partial charge is 0.225 e. The lowest BCUT2D eigenvalue weighted by atomic mass is 10.1. The molecule has 1 aromatic carbocycles. The monoisotopic (exact) mass is 299 g/mol. The normalized spacial score (nSPS) is 11.7. The first-order chi connectivity index (χ1) is 9.26. The Hall–Kier alpha value is -1.30. The van der Waals surface area contributed by atoms with E-state index in [9.17, 15) is 9.90 Å². The van der Waals surface area contributed by atoms with Crippen LogP contribution in [0.4, 0.5) is 11.4 Å². The van der Waals surface area contributed by atoms with Crippen molar-refractivity contribution >= 4 is 28.9 Å². The fraction of sp³-hybridized carbons (Fsp3) is 0.500. The fourth-order valence-corrected chi connectivity index (χ4v) is 1.77. The number of hydrogen-bond acceptors (Lipinski definition) is 4. The van der Waals surface area contributed by atoms with Crippen LogP contribution in [0.3, 0.4) is 0 Å². The molecule has 0 saturated carbocycles. The maximum Gasteiger partial charge on any atom is 0.225 e. The Morgan fingerprint density at radius 3 is 2.70 bits per heavy atom. The van der Waals surface area contributed by atoms with Crippen LogP contribution in [0.15, 0.2) is 18.2 Å². The number of benzene rings is 1. The van der Waals surface area contributed by atoms with Gasteiger partial charge < -0.3 is 16.2 Å². The van der Waals surface area contributed by atoms with Crippen molar-refractivity contribution in [1.82, 2.24) is 4.90 Å². The van der Waals surface area contributed by atoms with Gasteiger partial charge in [0.25, 0.3) is 0 Å². The second kappa shape index (κ2) is 6.92. The van der Waals surface area contributed by atoms with Gasteiger partial charge >= 0.3 is 0 Å². The number of carbonyl (C=O) groups excluding carboxylic acids is 1. The number of nitrogens with zero attached hydrogens (tertiary/aromatic N) is 1. The molecule has 0 heterocycles. The Balaban J connectivity index is 2.52. The summed E-state index contributed by atoms with van der Waals surface area (Å²) in [5.74, 6) is -0.128. The van der Waals surface area contributed by atoms with Crippen molar-refractivity contribution < 1.29 is 9.90 Å². The average Bonchev–Trinajstić information content (AvgIpc) is 2.39. The van der Waals surface area contributed by atoms with Crippen LogP contribution in [0, 0.1) is 0 Å². The average molecular weight is 300 g/mol. The van der Waals surface area contributed by atoms with Crippen molar-refractivity contribution in [3.8, 4) is 0 Å². The molecule has 0 atom stereocenters. The van der Waals surface area contributed by atoms with Crippen LogP contribution in [0.5, 0.6) is 0 Å². The SMILES string of the molecule is CN(CCC(=O)Nc1ccc(N)cc1Cl)C(C)(C)CO. The molecule has 0 radical (unpaired) electrons. The number of likely N-dealkylation sites (N-methyl/N-ethyl adjacent to an activating group) is 1.